The lowest BCUT2D eigenvalue weighted by Crippen LogP contribution is -2.15. The monoisotopic (exact) mass is 322 g/mol. The Labute approximate surface area is 122 Å². The van der Waals surface area contributed by atoms with Crippen molar-refractivity contribution in [3.8, 4) is 0 Å². The zero-order valence-electron chi connectivity index (χ0n) is 10.8. The minimum Gasteiger partial charge on any atom is -0.478 e. The third-order valence-corrected chi connectivity index (χ3v) is 4.46. The minimum absolute atomic E-state index is 0.00667. The number of carboxylic acid groups (broad SMARTS) is 1. The number of hydrogen-bond donors (Lipinski definition) is 1. The van der Waals surface area contributed by atoms with E-state index in [4.69, 9.17) is 26.2 Å². The highest BCUT2D eigenvalue weighted by Crippen LogP contribution is 2.21. The lowest BCUT2D eigenvalue weighted by molar-refractivity contribution is 0.0697. The van der Waals surface area contributed by atoms with Crippen LogP contribution in [0.2, 0.25) is 5.02 Å². The molecule has 0 fully saturated rings. The number of rotatable bonds is 8. The maximum Gasteiger partial charge on any atom is 0.337 e. The van der Waals surface area contributed by atoms with Crippen molar-refractivity contribution in [2.75, 3.05) is 32.7 Å². The van der Waals surface area contributed by atoms with Gasteiger partial charge in [0.2, 0.25) is 0 Å². The molecule has 1 aromatic rings. The van der Waals surface area contributed by atoms with Gasteiger partial charge in [-0.1, -0.05) is 11.6 Å². The Kier molecular flexibility index (Phi) is 6.41. The summed E-state index contributed by atoms with van der Waals surface area (Å²) in [5.74, 6) is -1.51. The van der Waals surface area contributed by atoms with Gasteiger partial charge in [-0.3, -0.25) is 0 Å². The summed E-state index contributed by atoms with van der Waals surface area (Å²) >= 11 is 5.69. The van der Waals surface area contributed by atoms with Gasteiger partial charge in [-0.2, -0.15) is 0 Å². The Morgan fingerprint density at radius 3 is 2.60 bits per heavy atom. The molecule has 112 valence electrons. The summed E-state index contributed by atoms with van der Waals surface area (Å²) in [5, 5.41) is 8.90. The first-order valence-corrected chi connectivity index (χ1v) is 7.74. The van der Waals surface area contributed by atoms with E-state index >= 15 is 0 Å². The second-order valence-electron chi connectivity index (χ2n) is 3.87. The first kappa shape index (κ1) is 16.9. The molecule has 0 radical (unpaired) electrons. The molecule has 0 aliphatic rings. The van der Waals surface area contributed by atoms with Crippen LogP contribution >= 0.6 is 11.6 Å². The van der Waals surface area contributed by atoms with Gasteiger partial charge in [-0.15, -0.1) is 0 Å². The van der Waals surface area contributed by atoms with Gasteiger partial charge in [0.1, 0.15) is 0 Å². The fourth-order valence-electron chi connectivity index (χ4n) is 1.39. The quantitative estimate of drug-likeness (QED) is 0.729. The highest BCUT2D eigenvalue weighted by molar-refractivity contribution is 7.91. The van der Waals surface area contributed by atoms with E-state index in [1.807, 2.05) is 0 Å². The first-order chi connectivity index (χ1) is 9.38. The Morgan fingerprint density at radius 2 is 2.00 bits per heavy atom. The number of halogens is 1. The van der Waals surface area contributed by atoms with Crippen LogP contribution in [0.25, 0.3) is 0 Å². The molecule has 0 saturated carbocycles. The van der Waals surface area contributed by atoms with Crippen molar-refractivity contribution >= 4 is 27.4 Å². The Bertz CT molecular complexity index is 569. The highest BCUT2D eigenvalue weighted by atomic mass is 35.5. The van der Waals surface area contributed by atoms with Gasteiger partial charge in [0, 0.05) is 7.11 Å². The number of carboxylic acids is 1. The zero-order valence-corrected chi connectivity index (χ0v) is 12.4. The van der Waals surface area contributed by atoms with E-state index in [9.17, 15) is 13.2 Å². The summed E-state index contributed by atoms with van der Waals surface area (Å²) in [6.45, 7) is 0.688. The summed E-state index contributed by atoms with van der Waals surface area (Å²) in [6.07, 6.45) is 0. The average molecular weight is 323 g/mol. The predicted molar refractivity (Wildman–Crippen MR) is 73.2 cm³/mol. The Morgan fingerprint density at radius 1 is 1.30 bits per heavy atom. The lowest BCUT2D eigenvalue weighted by Gasteiger charge is -2.07. The summed E-state index contributed by atoms with van der Waals surface area (Å²) in [4.78, 5) is 10.8. The Balaban J connectivity index is 2.77. The highest BCUT2D eigenvalue weighted by Gasteiger charge is 2.18. The van der Waals surface area contributed by atoms with Crippen LogP contribution in [0.15, 0.2) is 23.1 Å². The molecular formula is C12H15ClO6S. The van der Waals surface area contributed by atoms with E-state index in [1.165, 1.54) is 19.2 Å². The van der Waals surface area contributed by atoms with Crippen molar-refractivity contribution in [3.05, 3.63) is 28.8 Å². The van der Waals surface area contributed by atoms with Crippen molar-refractivity contribution in [2.45, 2.75) is 4.90 Å². The molecule has 0 amide bonds. The largest absolute Gasteiger partial charge is 0.478 e. The third kappa shape index (κ3) is 4.75. The number of benzene rings is 1. The number of aromatic carboxylic acids is 1. The molecule has 8 heteroatoms. The smallest absolute Gasteiger partial charge is 0.337 e. The summed E-state index contributed by atoms with van der Waals surface area (Å²) in [5.41, 5.74) is -0.243. The second-order valence-corrected chi connectivity index (χ2v) is 6.39. The fraction of sp³-hybridized carbons (Fsp3) is 0.417. The van der Waals surface area contributed by atoms with Crippen molar-refractivity contribution < 1.29 is 27.8 Å². The lowest BCUT2D eigenvalue weighted by atomic mass is 10.2. The van der Waals surface area contributed by atoms with Crippen LogP contribution in [-0.4, -0.2) is 52.2 Å². The fourth-order valence-corrected chi connectivity index (χ4v) is 2.74. The Hall–Kier alpha value is -1.15. The molecule has 0 spiro atoms. The molecule has 1 N–H and O–H groups in total. The van der Waals surface area contributed by atoms with Crippen LogP contribution in [0.3, 0.4) is 0 Å². The van der Waals surface area contributed by atoms with Crippen LogP contribution < -0.4 is 0 Å². The minimum atomic E-state index is -3.61. The van der Waals surface area contributed by atoms with Crippen molar-refractivity contribution in [1.29, 1.82) is 0 Å². The maximum atomic E-state index is 12.0. The van der Waals surface area contributed by atoms with E-state index in [-0.39, 0.29) is 27.8 Å². The third-order valence-electron chi connectivity index (χ3n) is 2.46. The molecule has 0 saturated heterocycles. The topological polar surface area (TPSA) is 89.9 Å². The van der Waals surface area contributed by atoms with E-state index in [0.29, 0.717) is 13.2 Å². The molecule has 0 aromatic heterocycles. The van der Waals surface area contributed by atoms with Crippen LogP contribution in [0.1, 0.15) is 10.4 Å². The number of hydrogen-bond acceptors (Lipinski definition) is 5. The maximum absolute atomic E-state index is 12.0. The van der Waals surface area contributed by atoms with Gasteiger partial charge in [-0.05, 0) is 18.2 Å². The van der Waals surface area contributed by atoms with Gasteiger partial charge in [0.15, 0.2) is 9.84 Å². The average Bonchev–Trinajstić information content (AvgIpc) is 2.38. The van der Waals surface area contributed by atoms with E-state index in [2.05, 4.69) is 0 Å². The van der Waals surface area contributed by atoms with Crippen molar-refractivity contribution in [2.24, 2.45) is 0 Å². The molecule has 1 aromatic carbocycles. The van der Waals surface area contributed by atoms with Gasteiger partial charge < -0.3 is 14.6 Å². The molecule has 0 aliphatic heterocycles. The number of sulfone groups is 1. The molecule has 0 unspecified atom stereocenters. The van der Waals surface area contributed by atoms with E-state index in [0.717, 1.165) is 6.07 Å². The summed E-state index contributed by atoms with van der Waals surface area (Å²) < 4.78 is 33.9. The molecule has 0 bridgehead atoms. The van der Waals surface area contributed by atoms with Crippen LogP contribution in [0, 0.1) is 0 Å². The molecule has 0 aliphatic carbocycles. The molecule has 1 rings (SSSR count). The second kappa shape index (κ2) is 7.58. The van der Waals surface area contributed by atoms with Gasteiger partial charge >= 0.3 is 5.97 Å². The summed E-state index contributed by atoms with van der Waals surface area (Å²) in [7, 11) is -2.09. The number of ether oxygens (including phenoxy) is 2. The van der Waals surface area contributed by atoms with Gasteiger partial charge in [0.25, 0.3) is 0 Å². The van der Waals surface area contributed by atoms with Crippen LogP contribution in [-0.2, 0) is 19.3 Å². The zero-order chi connectivity index (χ0) is 15.2. The molecule has 6 nitrogen and oxygen atoms in total. The first-order valence-electron chi connectivity index (χ1n) is 5.71. The summed E-state index contributed by atoms with van der Waals surface area (Å²) in [6, 6.07) is 3.58. The standard InChI is InChI=1S/C12H15ClO6S/c1-18-4-5-19-6-7-20(16,17)9-2-3-11(13)10(8-9)12(14)15/h2-3,8H,4-7H2,1H3,(H,14,15). The van der Waals surface area contributed by atoms with E-state index < -0.39 is 15.8 Å². The number of carbonyl (C=O) groups is 1. The van der Waals surface area contributed by atoms with Crippen LogP contribution in [0.4, 0.5) is 0 Å². The number of methoxy groups -OCH3 is 1. The van der Waals surface area contributed by atoms with Crippen molar-refractivity contribution in [3.63, 3.8) is 0 Å². The van der Waals surface area contributed by atoms with Crippen molar-refractivity contribution in [1.82, 2.24) is 0 Å². The predicted octanol–water partition coefficient (Wildman–Crippen LogP) is 1.47. The normalized spacial score (nSPS) is 11.5. The molecular weight excluding hydrogens is 308 g/mol. The van der Waals surface area contributed by atoms with Crippen LogP contribution in [0.5, 0.6) is 0 Å². The van der Waals surface area contributed by atoms with E-state index in [1.54, 1.807) is 0 Å². The molecule has 0 heterocycles. The van der Waals surface area contributed by atoms with Gasteiger partial charge in [0.05, 0.1) is 41.1 Å². The SMILES string of the molecule is COCCOCCS(=O)(=O)c1ccc(Cl)c(C(=O)O)c1. The van der Waals surface area contributed by atoms with Gasteiger partial charge in [-0.25, -0.2) is 13.2 Å². The molecule has 0 atom stereocenters. The molecule has 20 heavy (non-hydrogen) atoms.